The van der Waals surface area contributed by atoms with Crippen molar-refractivity contribution in [2.75, 3.05) is 24.5 Å². The SMILES string of the molecule is Cc1cn2nc([C@@H]3CCCCN3C(=O)c3cccc4ccnn34)cc2nc1N1C[C@@H](C)[C@@H](O)C1. The molecule has 0 bridgehead atoms. The number of pyridine rings is 1. The van der Waals surface area contributed by atoms with Gasteiger partial charge in [0, 0.05) is 43.4 Å². The molecule has 0 aromatic carbocycles. The van der Waals surface area contributed by atoms with E-state index in [0.29, 0.717) is 18.8 Å². The lowest BCUT2D eigenvalue weighted by atomic mass is 9.99. The molecule has 6 rings (SSSR count). The number of aryl methyl sites for hydroxylation is 1. The Bertz CT molecular complexity index is 1370. The van der Waals surface area contributed by atoms with Crippen LogP contribution >= 0.6 is 0 Å². The third kappa shape index (κ3) is 3.42. The summed E-state index contributed by atoms with van der Waals surface area (Å²) in [6.45, 7) is 6.16. The highest BCUT2D eigenvalue weighted by molar-refractivity contribution is 5.93. The summed E-state index contributed by atoms with van der Waals surface area (Å²) in [5.41, 5.74) is 4.11. The minimum absolute atomic E-state index is 0.0269. The second-order valence-corrected chi connectivity index (χ2v) is 9.66. The third-order valence-electron chi connectivity index (χ3n) is 7.24. The summed E-state index contributed by atoms with van der Waals surface area (Å²) in [6, 6.07) is 9.48. The summed E-state index contributed by atoms with van der Waals surface area (Å²) in [5.74, 6) is 1.09. The van der Waals surface area contributed by atoms with E-state index in [4.69, 9.17) is 10.1 Å². The fourth-order valence-electron chi connectivity index (χ4n) is 5.37. The summed E-state index contributed by atoms with van der Waals surface area (Å²) in [4.78, 5) is 22.6. The first kappa shape index (κ1) is 21.1. The van der Waals surface area contributed by atoms with E-state index in [1.165, 1.54) is 0 Å². The van der Waals surface area contributed by atoms with E-state index in [1.807, 2.05) is 52.9 Å². The Labute approximate surface area is 197 Å². The van der Waals surface area contributed by atoms with Crippen molar-refractivity contribution < 1.29 is 9.90 Å². The lowest BCUT2D eigenvalue weighted by Gasteiger charge is -2.34. The van der Waals surface area contributed by atoms with Gasteiger partial charge >= 0.3 is 0 Å². The summed E-state index contributed by atoms with van der Waals surface area (Å²) >= 11 is 0. The van der Waals surface area contributed by atoms with Crippen molar-refractivity contribution in [1.29, 1.82) is 0 Å². The van der Waals surface area contributed by atoms with Crippen molar-refractivity contribution in [2.24, 2.45) is 5.92 Å². The Hall–Kier alpha value is -3.46. The van der Waals surface area contributed by atoms with Gasteiger partial charge in [-0.3, -0.25) is 4.79 Å². The minimum atomic E-state index is -0.334. The predicted octanol–water partition coefficient (Wildman–Crippen LogP) is 2.87. The van der Waals surface area contributed by atoms with Gasteiger partial charge in [0.1, 0.15) is 11.5 Å². The summed E-state index contributed by atoms with van der Waals surface area (Å²) in [5, 5.41) is 19.4. The number of anilines is 1. The zero-order valence-electron chi connectivity index (χ0n) is 19.5. The van der Waals surface area contributed by atoms with E-state index in [1.54, 1.807) is 10.7 Å². The standard InChI is InChI=1S/C25H29N7O2/c1-16-13-29(15-22(16)33)24-17(2)14-31-23(27-24)12-19(28-31)20-7-3-4-11-30(20)25(34)21-8-5-6-18-9-10-26-32(18)21/h5-6,8-10,12,14,16,20,22,33H,3-4,7,11,13,15H2,1-2H3/t16-,20+,22+/m1/s1. The molecule has 3 atom stereocenters. The first-order valence-electron chi connectivity index (χ1n) is 12.0. The molecule has 0 spiro atoms. The van der Waals surface area contributed by atoms with Crippen LogP contribution in [0.4, 0.5) is 5.82 Å². The fourth-order valence-corrected chi connectivity index (χ4v) is 5.37. The summed E-state index contributed by atoms with van der Waals surface area (Å²) < 4.78 is 3.52. The first-order valence-corrected chi connectivity index (χ1v) is 12.0. The molecule has 0 radical (unpaired) electrons. The molecule has 0 saturated carbocycles. The van der Waals surface area contributed by atoms with Crippen LogP contribution in [-0.4, -0.2) is 65.9 Å². The number of aliphatic hydroxyl groups excluding tert-OH is 1. The third-order valence-corrected chi connectivity index (χ3v) is 7.24. The number of carbonyl (C=O) groups is 1. The number of piperidine rings is 1. The van der Waals surface area contributed by atoms with Crippen molar-refractivity contribution >= 4 is 22.9 Å². The summed E-state index contributed by atoms with van der Waals surface area (Å²) in [6.07, 6.45) is 6.27. The van der Waals surface area contributed by atoms with E-state index < -0.39 is 0 Å². The Morgan fingerprint density at radius 3 is 2.88 bits per heavy atom. The number of nitrogens with zero attached hydrogens (tertiary/aromatic N) is 7. The van der Waals surface area contributed by atoms with Gasteiger partial charge in [-0.1, -0.05) is 13.0 Å². The second kappa shape index (κ2) is 8.09. The van der Waals surface area contributed by atoms with Crippen LogP contribution in [0.3, 0.4) is 0 Å². The lowest BCUT2D eigenvalue weighted by Crippen LogP contribution is -2.39. The fraction of sp³-hybridized carbons (Fsp3) is 0.440. The van der Waals surface area contributed by atoms with Gasteiger partial charge < -0.3 is 14.9 Å². The molecule has 34 heavy (non-hydrogen) atoms. The van der Waals surface area contributed by atoms with E-state index in [2.05, 4.69) is 16.9 Å². The molecule has 2 fully saturated rings. The van der Waals surface area contributed by atoms with Crippen molar-refractivity contribution in [1.82, 2.24) is 29.1 Å². The zero-order valence-corrected chi connectivity index (χ0v) is 19.5. The lowest BCUT2D eigenvalue weighted by molar-refractivity contribution is 0.0596. The van der Waals surface area contributed by atoms with Gasteiger partial charge in [0.05, 0.1) is 29.6 Å². The highest BCUT2D eigenvalue weighted by Crippen LogP contribution is 2.33. The van der Waals surface area contributed by atoms with E-state index in [-0.39, 0.29) is 24.0 Å². The number of fused-ring (bicyclic) bond motifs is 2. The largest absolute Gasteiger partial charge is 0.391 e. The number of amides is 1. The number of rotatable bonds is 3. The van der Waals surface area contributed by atoms with E-state index in [0.717, 1.165) is 54.0 Å². The van der Waals surface area contributed by atoms with Gasteiger partial charge in [-0.15, -0.1) is 0 Å². The summed E-state index contributed by atoms with van der Waals surface area (Å²) in [7, 11) is 0. The highest BCUT2D eigenvalue weighted by Gasteiger charge is 2.33. The van der Waals surface area contributed by atoms with Gasteiger partial charge in [0.15, 0.2) is 5.65 Å². The number of likely N-dealkylation sites (tertiary alicyclic amines) is 1. The number of hydrogen-bond donors (Lipinski definition) is 1. The van der Waals surface area contributed by atoms with Crippen LogP contribution in [0.25, 0.3) is 11.2 Å². The Balaban J connectivity index is 1.34. The van der Waals surface area contributed by atoms with Crippen molar-refractivity contribution in [3.63, 3.8) is 0 Å². The molecule has 2 aliphatic heterocycles. The topological polar surface area (TPSA) is 91.3 Å². The maximum atomic E-state index is 13.6. The number of hydrogen-bond acceptors (Lipinski definition) is 6. The average molecular weight is 460 g/mol. The molecule has 0 unspecified atom stereocenters. The second-order valence-electron chi connectivity index (χ2n) is 9.66. The molecule has 2 aliphatic rings. The number of aromatic nitrogens is 5. The minimum Gasteiger partial charge on any atom is -0.391 e. The van der Waals surface area contributed by atoms with Crippen LogP contribution in [0.5, 0.6) is 0 Å². The Morgan fingerprint density at radius 1 is 1.18 bits per heavy atom. The molecule has 176 valence electrons. The molecule has 6 heterocycles. The molecule has 9 nitrogen and oxygen atoms in total. The Kier molecular flexibility index (Phi) is 5.02. The molecule has 9 heteroatoms. The molecule has 1 amide bonds. The molecule has 4 aromatic heterocycles. The van der Waals surface area contributed by atoms with E-state index >= 15 is 0 Å². The van der Waals surface area contributed by atoms with Crippen molar-refractivity contribution in [2.45, 2.75) is 45.3 Å². The first-order chi connectivity index (χ1) is 16.5. The van der Waals surface area contributed by atoms with Crippen molar-refractivity contribution in [3.8, 4) is 0 Å². The van der Waals surface area contributed by atoms with Crippen molar-refractivity contribution in [3.05, 3.63) is 59.7 Å². The molecule has 1 N–H and O–H groups in total. The van der Waals surface area contributed by atoms with Gasteiger partial charge in [-0.05, 0) is 44.4 Å². The monoisotopic (exact) mass is 459 g/mol. The van der Waals surface area contributed by atoms with Gasteiger partial charge in [-0.25, -0.2) is 14.0 Å². The maximum Gasteiger partial charge on any atom is 0.273 e. The normalized spacial score (nSPS) is 23.3. The average Bonchev–Trinajstić information content (AvgIpc) is 3.56. The van der Waals surface area contributed by atoms with Gasteiger partial charge in [-0.2, -0.15) is 10.2 Å². The smallest absolute Gasteiger partial charge is 0.273 e. The van der Waals surface area contributed by atoms with Gasteiger partial charge in [0.2, 0.25) is 0 Å². The van der Waals surface area contributed by atoms with Gasteiger partial charge in [0.25, 0.3) is 5.91 Å². The van der Waals surface area contributed by atoms with Crippen LogP contribution in [0, 0.1) is 12.8 Å². The van der Waals surface area contributed by atoms with Crippen LogP contribution in [0.1, 0.15) is 54.0 Å². The molecular formula is C25H29N7O2. The quantitative estimate of drug-likeness (QED) is 0.507. The molecule has 0 aliphatic carbocycles. The highest BCUT2D eigenvalue weighted by atomic mass is 16.3. The zero-order chi connectivity index (χ0) is 23.4. The number of aliphatic hydroxyl groups is 1. The van der Waals surface area contributed by atoms with E-state index in [9.17, 15) is 9.90 Å². The van der Waals surface area contributed by atoms with Crippen LogP contribution in [0.2, 0.25) is 0 Å². The maximum absolute atomic E-state index is 13.6. The number of β-amino-alcohol motifs (C(OH)–C–C–N with tert-alkyl or cyclic N) is 1. The molecular weight excluding hydrogens is 430 g/mol. The number of carbonyl (C=O) groups excluding carboxylic acids is 1. The molecule has 2 saturated heterocycles. The van der Waals surface area contributed by atoms with Crippen LogP contribution < -0.4 is 4.90 Å². The van der Waals surface area contributed by atoms with Crippen LogP contribution in [0.15, 0.2) is 42.7 Å². The van der Waals surface area contributed by atoms with Crippen LogP contribution in [-0.2, 0) is 0 Å². The Morgan fingerprint density at radius 2 is 2.06 bits per heavy atom. The predicted molar refractivity (Wildman–Crippen MR) is 128 cm³/mol. The molecule has 4 aromatic rings.